The molecule has 0 bridgehead atoms. The van der Waals surface area contributed by atoms with Crippen LogP contribution in [-0.2, 0) is 4.74 Å². The molecule has 0 spiro atoms. The summed E-state index contributed by atoms with van der Waals surface area (Å²) in [6.45, 7) is 7.01. The lowest BCUT2D eigenvalue weighted by Crippen LogP contribution is -2.40. The Balaban J connectivity index is 1.50. The van der Waals surface area contributed by atoms with Gasteiger partial charge in [-0.2, -0.15) is 0 Å². The van der Waals surface area contributed by atoms with Gasteiger partial charge in [0.1, 0.15) is 0 Å². The van der Waals surface area contributed by atoms with Crippen molar-refractivity contribution in [3.63, 3.8) is 0 Å². The smallest absolute Gasteiger partial charge is 0.191 e. The first-order valence-corrected chi connectivity index (χ1v) is 6.44. The largest absolute Gasteiger partial charge is 0.378 e. The lowest BCUT2D eigenvalue weighted by atomic mass is 9.80. The van der Waals surface area contributed by atoms with Gasteiger partial charge in [0.2, 0.25) is 0 Å². The van der Waals surface area contributed by atoms with Gasteiger partial charge in [0.15, 0.2) is 5.96 Å². The van der Waals surface area contributed by atoms with Crippen molar-refractivity contribution >= 4 is 5.96 Å². The Kier molecular flexibility index (Phi) is 4.04. The van der Waals surface area contributed by atoms with Crippen molar-refractivity contribution in [1.82, 2.24) is 10.6 Å². The van der Waals surface area contributed by atoms with Crippen molar-refractivity contribution in [3.8, 4) is 0 Å². The second-order valence-electron chi connectivity index (χ2n) is 4.86. The lowest BCUT2D eigenvalue weighted by molar-refractivity contribution is -0.0260. The molecule has 0 aromatic rings. The Bertz CT molecular complexity index is 249. The van der Waals surface area contributed by atoms with Crippen LogP contribution in [0.1, 0.15) is 33.1 Å². The molecule has 92 valence electrons. The summed E-state index contributed by atoms with van der Waals surface area (Å²) in [5, 5.41) is 6.66. The van der Waals surface area contributed by atoms with Crippen molar-refractivity contribution in [2.45, 2.75) is 45.3 Å². The van der Waals surface area contributed by atoms with Gasteiger partial charge in [-0.25, -0.2) is 0 Å². The first-order valence-electron chi connectivity index (χ1n) is 6.44. The second-order valence-corrected chi connectivity index (χ2v) is 4.86. The molecule has 1 saturated carbocycles. The zero-order valence-electron chi connectivity index (χ0n) is 10.3. The molecule has 0 aromatic heterocycles. The van der Waals surface area contributed by atoms with Gasteiger partial charge in [0.05, 0.1) is 12.6 Å². The van der Waals surface area contributed by atoms with E-state index in [0.29, 0.717) is 12.1 Å². The van der Waals surface area contributed by atoms with Crippen molar-refractivity contribution < 1.29 is 4.74 Å². The highest BCUT2D eigenvalue weighted by atomic mass is 16.5. The standard InChI is InChI=1S/C12H23N3O/c1-3-16-11-6-10(7-11)4-5-13-12-14-8-9(2)15-12/h9-11H,3-8H2,1-2H3,(H2,13,14,15). The van der Waals surface area contributed by atoms with E-state index in [0.717, 1.165) is 31.6 Å². The number of nitrogens with one attached hydrogen (secondary N) is 2. The molecular formula is C12H23N3O. The first-order chi connectivity index (χ1) is 7.78. The van der Waals surface area contributed by atoms with Crippen molar-refractivity contribution in [2.75, 3.05) is 19.7 Å². The summed E-state index contributed by atoms with van der Waals surface area (Å²) in [7, 11) is 0. The summed E-state index contributed by atoms with van der Waals surface area (Å²) < 4.78 is 5.55. The molecule has 4 heteroatoms. The van der Waals surface area contributed by atoms with Crippen LogP contribution in [0.15, 0.2) is 4.99 Å². The molecule has 0 amide bonds. The average molecular weight is 225 g/mol. The zero-order valence-corrected chi connectivity index (χ0v) is 10.3. The predicted octanol–water partition coefficient (Wildman–Crippen LogP) is 1.13. The molecule has 2 N–H and O–H groups in total. The van der Waals surface area contributed by atoms with E-state index in [1.807, 2.05) is 0 Å². The van der Waals surface area contributed by atoms with E-state index in [-0.39, 0.29) is 0 Å². The van der Waals surface area contributed by atoms with Crippen LogP contribution in [-0.4, -0.2) is 37.8 Å². The number of aliphatic imine (C=N–C) groups is 1. The summed E-state index contributed by atoms with van der Waals surface area (Å²) in [4.78, 5) is 4.37. The van der Waals surface area contributed by atoms with E-state index < -0.39 is 0 Å². The van der Waals surface area contributed by atoms with Crippen LogP contribution < -0.4 is 10.6 Å². The van der Waals surface area contributed by atoms with Gasteiger partial charge in [-0.15, -0.1) is 0 Å². The molecule has 2 aliphatic rings. The Morgan fingerprint density at radius 3 is 2.94 bits per heavy atom. The van der Waals surface area contributed by atoms with Gasteiger partial charge >= 0.3 is 0 Å². The van der Waals surface area contributed by atoms with Gasteiger partial charge in [-0.1, -0.05) is 0 Å². The zero-order chi connectivity index (χ0) is 11.4. The maximum atomic E-state index is 5.55. The Labute approximate surface area is 97.9 Å². The molecule has 16 heavy (non-hydrogen) atoms. The van der Waals surface area contributed by atoms with Gasteiger partial charge in [0.25, 0.3) is 0 Å². The second kappa shape index (κ2) is 5.53. The number of hydrogen-bond acceptors (Lipinski definition) is 4. The molecule has 0 radical (unpaired) electrons. The lowest BCUT2D eigenvalue weighted by Gasteiger charge is -2.35. The summed E-state index contributed by atoms with van der Waals surface area (Å²) >= 11 is 0. The van der Waals surface area contributed by atoms with Crippen LogP contribution >= 0.6 is 0 Å². The number of ether oxygens (including phenoxy) is 1. The maximum Gasteiger partial charge on any atom is 0.191 e. The van der Waals surface area contributed by atoms with E-state index in [4.69, 9.17) is 4.74 Å². The van der Waals surface area contributed by atoms with Crippen LogP contribution in [0.3, 0.4) is 0 Å². The molecule has 1 unspecified atom stereocenters. The molecule has 1 fully saturated rings. The summed E-state index contributed by atoms with van der Waals surface area (Å²) in [5.74, 6) is 1.83. The minimum absolute atomic E-state index is 0.494. The molecule has 0 saturated heterocycles. The molecule has 1 aliphatic carbocycles. The fourth-order valence-electron chi connectivity index (χ4n) is 2.34. The molecule has 0 aromatic carbocycles. The van der Waals surface area contributed by atoms with Crippen molar-refractivity contribution in [2.24, 2.45) is 10.9 Å². The van der Waals surface area contributed by atoms with Crippen molar-refractivity contribution in [3.05, 3.63) is 0 Å². The van der Waals surface area contributed by atoms with E-state index >= 15 is 0 Å². The van der Waals surface area contributed by atoms with Crippen LogP contribution in [0.5, 0.6) is 0 Å². The van der Waals surface area contributed by atoms with Crippen LogP contribution in [0, 0.1) is 5.92 Å². The molecular weight excluding hydrogens is 202 g/mol. The Hall–Kier alpha value is -0.770. The van der Waals surface area contributed by atoms with E-state index in [9.17, 15) is 0 Å². The highest BCUT2D eigenvalue weighted by molar-refractivity contribution is 5.81. The van der Waals surface area contributed by atoms with Crippen LogP contribution in [0.25, 0.3) is 0 Å². The van der Waals surface area contributed by atoms with E-state index in [2.05, 4.69) is 29.5 Å². The summed E-state index contributed by atoms with van der Waals surface area (Å²) in [6.07, 6.45) is 4.26. The fourth-order valence-corrected chi connectivity index (χ4v) is 2.34. The highest BCUT2D eigenvalue weighted by Gasteiger charge is 2.28. The van der Waals surface area contributed by atoms with Crippen LogP contribution in [0.4, 0.5) is 0 Å². The fraction of sp³-hybridized carbons (Fsp3) is 0.917. The molecule has 1 atom stereocenters. The average Bonchev–Trinajstić information content (AvgIpc) is 2.60. The Morgan fingerprint density at radius 1 is 1.50 bits per heavy atom. The third-order valence-corrected chi connectivity index (χ3v) is 3.35. The van der Waals surface area contributed by atoms with Crippen LogP contribution in [0.2, 0.25) is 0 Å². The highest BCUT2D eigenvalue weighted by Crippen LogP contribution is 2.32. The normalized spacial score (nSPS) is 32.9. The van der Waals surface area contributed by atoms with Gasteiger partial charge < -0.3 is 15.4 Å². The minimum Gasteiger partial charge on any atom is -0.378 e. The number of rotatable bonds is 5. The third-order valence-electron chi connectivity index (χ3n) is 3.35. The molecule has 2 rings (SSSR count). The number of guanidine groups is 1. The quantitative estimate of drug-likeness (QED) is 0.737. The van der Waals surface area contributed by atoms with Gasteiger partial charge in [0, 0.05) is 19.2 Å². The van der Waals surface area contributed by atoms with E-state index in [1.54, 1.807) is 0 Å². The topological polar surface area (TPSA) is 45.6 Å². The number of nitrogens with zero attached hydrogens (tertiary/aromatic N) is 1. The Morgan fingerprint density at radius 2 is 2.31 bits per heavy atom. The van der Waals surface area contributed by atoms with Gasteiger partial charge in [-0.3, -0.25) is 4.99 Å². The minimum atomic E-state index is 0.494. The monoisotopic (exact) mass is 225 g/mol. The van der Waals surface area contributed by atoms with Gasteiger partial charge in [-0.05, 0) is 39.0 Å². The molecule has 1 aliphatic heterocycles. The SMILES string of the molecule is CCOC1CC(CCNC2=NCC(C)N2)C1. The van der Waals surface area contributed by atoms with E-state index in [1.165, 1.54) is 19.3 Å². The maximum absolute atomic E-state index is 5.55. The first kappa shape index (κ1) is 11.7. The summed E-state index contributed by atoms with van der Waals surface area (Å²) in [6, 6.07) is 0.494. The molecule has 4 nitrogen and oxygen atoms in total. The summed E-state index contributed by atoms with van der Waals surface area (Å²) in [5.41, 5.74) is 0. The third kappa shape index (κ3) is 3.11. The number of hydrogen-bond donors (Lipinski definition) is 2. The predicted molar refractivity (Wildman–Crippen MR) is 65.7 cm³/mol. The van der Waals surface area contributed by atoms with Crippen molar-refractivity contribution in [1.29, 1.82) is 0 Å². The molecule has 1 heterocycles.